The molecule has 0 radical (unpaired) electrons. The summed E-state index contributed by atoms with van der Waals surface area (Å²) < 4.78 is 5.30. The van der Waals surface area contributed by atoms with E-state index < -0.39 is 0 Å². The van der Waals surface area contributed by atoms with Crippen LogP contribution in [0.3, 0.4) is 0 Å². The average molecular weight is 325 g/mol. The number of hydrogen-bond donors (Lipinski definition) is 1. The smallest absolute Gasteiger partial charge is 0.125 e. The van der Waals surface area contributed by atoms with Crippen LogP contribution in [0.25, 0.3) is 0 Å². The molecule has 0 amide bonds. The lowest BCUT2D eigenvalue weighted by Gasteiger charge is -2.35. The molecule has 5 heteroatoms. The highest BCUT2D eigenvalue weighted by Gasteiger charge is 2.40. The molecular formula is C19H23N3O2. The van der Waals surface area contributed by atoms with Crippen molar-refractivity contribution >= 4 is 0 Å². The molecule has 2 atom stereocenters. The fourth-order valence-electron chi connectivity index (χ4n) is 4.19. The summed E-state index contributed by atoms with van der Waals surface area (Å²) in [5.74, 6) is 1.61. The van der Waals surface area contributed by atoms with Gasteiger partial charge in [-0.3, -0.25) is 4.90 Å². The van der Waals surface area contributed by atoms with Crippen molar-refractivity contribution < 1.29 is 9.84 Å². The lowest BCUT2D eigenvalue weighted by atomic mass is 9.98. The van der Waals surface area contributed by atoms with E-state index in [9.17, 15) is 5.11 Å². The number of methoxy groups -OCH3 is 1. The fourth-order valence-corrected chi connectivity index (χ4v) is 4.19. The minimum absolute atomic E-state index is 0.000178. The summed E-state index contributed by atoms with van der Waals surface area (Å²) in [5, 5.41) is 9.54. The number of rotatable bonds is 4. The van der Waals surface area contributed by atoms with Gasteiger partial charge in [-0.1, -0.05) is 6.07 Å². The van der Waals surface area contributed by atoms with E-state index in [1.165, 1.54) is 29.7 Å². The van der Waals surface area contributed by atoms with Crippen molar-refractivity contribution in [3.05, 3.63) is 52.6 Å². The first-order valence-electron chi connectivity index (χ1n) is 8.54. The Balaban J connectivity index is 1.61. The molecule has 1 saturated heterocycles. The van der Waals surface area contributed by atoms with Crippen LogP contribution in [0.4, 0.5) is 0 Å². The maximum absolute atomic E-state index is 9.54. The predicted molar refractivity (Wildman–Crippen MR) is 90.7 cm³/mol. The van der Waals surface area contributed by atoms with Crippen LogP contribution < -0.4 is 4.74 Å². The summed E-state index contributed by atoms with van der Waals surface area (Å²) in [5.41, 5.74) is 4.59. The van der Waals surface area contributed by atoms with Gasteiger partial charge in [-0.2, -0.15) is 0 Å². The maximum atomic E-state index is 9.54. The zero-order chi connectivity index (χ0) is 16.7. The Bertz CT molecular complexity index is 762. The van der Waals surface area contributed by atoms with Crippen molar-refractivity contribution in [3.63, 3.8) is 0 Å². The number of aliphatic hydroxyl groups excluding tert-OH is 1. The summed E-state index contributed by atoms with van der Waals surface area (Å²) in [6.45, 7) is 2.85. The third-order valence-electron chi connectivity index (χ3n) is 5.33. The minimum atomic E-state index is -0.000178. The van der Waals surface area contributed by atoms with Crippen LogP contribution in [0.5, 0.6) is 5.75 Å². The van der Waals surface area contributed by atoms with E-state index in [0.717, 1.165) is 30.1 Å². The van der Waals surface area contributed by atoms with E-state index >= 15 is 0 Å². The average Bonchev–Trinajstić information content (AvgIpc) is 2.87. The van der Waals surface area contributed by atoms with Crippen molar-refractivity contribution in [2.75, 3.05) is 7.11 Å². The summed E-state index contributed by atoms with van der Waals surface area (Å²) in [6, 6.07) is 7.07. The normalized spacial score (nSPS) is 22.5. The number of nitrogens with zero attached hydrogens (tertiary/aromatic N) is 3. The molecule has 2 bridgehead atoms. The summed E-state index contributed by atoms with van der Waals surface area (Å²) in [4.78, 5) is 11.6. The number of fused-ring (bicyclic) bond motifs is 4. The maximum Gasteiger partial charge on any atom is 0.125 e. The van der Waals surface area contributed by atoms with Gasteiger partial charge in [0, 0.05) is 42.4 Å². The molecule has 0 saturated carbocycles. The van der Waals surface area contributed by atoms with Gasteiger partial charge < -0.3 is 9.84 Å². The van der Waals surface area contributed by atoms with E-state index in [0.29, 0.717) is 12.1 Å². The molecule has 5 nitrogen and oxygen atoms in total. The second-order valence-electron chi connectivity index (χ2n) is 6.75. The molecule has 24 heavy (non-hydrogen) atoms. The number of ether oxygens (including phenoxy) is 1. The van der Waals surface area contributed by atoms with Crippen molar-refractivity contribution in [2.45, 2.75) is 51.4 Å². The van der Waals surface area contributed by atoms with Gasteiger partial charge in [-0.05, 0) is 37.5 Å². The zero-order valence-corrected chi connectivity index (χ0v) is 14.2. The van der Waals surface area contributed by atoms with Crippen LogP contribution in [-0.4, -0.2) is 33.1 Å². The summed E-state index contributed by atoms with van der Waals surface area (Å²) >= 11 is 0. The molecule has 126 valence electrons. The van der Waals surface area contributed by atoms with Gasteiger partial charge >= 0.3 is 0 Å². The number of aromatic nitrogens is 2. The van der Waals surface area contributed by atoms with Crippen LogP contribution in [0.15, 0.2) is 24.4 Å². The van der Waals surface area contributed by atoms with Gasteiger partial charge in [0.05, 0.1) is 19.4 Å². The van der Waals surface area contributed by atoms with E-state index in [-0.39, 0.29) is 6.61 Å². The minimum Gasteiger partial charge on any atom is -0.496 e. The summed E-state index contributed by atoms with van der Waals surface area (Å²) in [6.07, 6.45) is 5.42. The van der Waals surface area contributed by atoms with Crippen LogP contribution in [-0.2, 0) is 19.6 Å². The highest BCUT2D eigenvalue weighted by atomic mass is 16.5. The molecule has 2 unspecified atom stereocenters. The largest absolute Gasteiger partial charge is 0.496 e. The molecule has 1 N–H and O–H groups in total. The highest BCUT2D eigenvalue weighted by Crippen LogP contribution is 2.43. The molecule has 1 fully saturated rings. The first-order valence-corrected chi connectivity index (χ1v) is 8.54. The number of aliphatic hydroxyl groups is 1. The SMILES string of the molecule is COc1ccc(CN2C3CCC2c2cnc(C)nc2C3)cc1CO. The van der Waals surface area contributed by atoms with Crippen molar-refractivity contribution in [3.8, 4) is 5.75 Å². The molecule has 2 aliphatic rings. The molecule has 0 spiro atoms. The van der Waals surface area contributed by atoms with Crippen molar-refractivity contribution in [1.82, 2.24) is 14.9 Å². The first-order chi connectivity index (χ1) is 11.7. The molecule has 3 heterocycles. The van der Waals surface area contributed by atoms with Crippen LogP contribution in [0, 0.1) is 6.92 Å². The molecule has 2 aromatic rings. The van der Waals surface area contributed by atoms with Crippen LogP contribution in [0.2, 0.25) is 0 Å². The first kappa shape index (κ1) is 15.5. The van der Waals surface area contributed by atoms with E-state index in [1.807, 2.05) is 19.2 Å². The molecule has 1 aromatic carbocycles. The van der Waals surface area contributed by atoms with Crippen molar-refractivity contribution in [1.29, 1.82) is 0 Å². The Morgan fingerprint density at radius 2 is 2.21 bits per heavy atom. The number of aryl methyl sites for hydroxylation is 1. The lowest BCUT2D eigenvalue weighted by Crippen LogP contribution is -2.37. The quantitative estimate of drug-likeness (QED) is 0.936. The number of benzene rings is 1. The van der Waals surface area contributed by atoms with E-state index in [1.54, 1.807) is 7.11 Å². The van der Waals surface area contributed by atoms with Gasteiger partial charge in [0.2, 0.25) is 0 Å². The van der Waals surface area contributed by atoms with Gasteiger partial charge in [0.15, 0.2) is 0 Å². The fraction of sp³-hybridized carbons (Fsp3) is 0.474. The lowest BCUT2D eigenvalue weighted by molar-refractivity contribution is 0.166. The van der Waals surface area contributed by atoms with Crippen LogP contribution >= 0.6 is 0 Å². The topological polar surface area (TPSA) is 58.5 Å². The monoisotopic (exact) mass is 325 g/mol. The predicted octanol–water partition coefficient (Wildman–Crippen LogP) is 2.55. The number of hydrogen-bond acceptors (Lipinski definition) is 5. The van der Waals surface area contributed by atoms with Gasteiger partial charge in [-0.15, -0.1) is 0 Å². The van der Waals surface area contributed by atoms with E-state index in [2.05, 4.69) is 27.0 Å². The molecule has 4 rings (SSSR count). The zero-order valence-electron chi connectivity index (χ0n) is 14.2. The highest BCUT2D eigenvalue weighted by molar-refractivity contribution is 5.37. The molecule has 2 aliphatic heterocycles. The Labute approximate surface area is 142 Å². The molecule has 0 aliphatic carbocycles. The van der Waals surface area contributed by atoms with Gasteiger partial charge in [0.1, 0.15) is 11.6 Å². The second-order valence-corrected chi connectivity index (χ2v) is 6.75. The third-order valence-corrected chi connectivity index (χ3v) is 5.33. The van der Waals surface area contributed by atoms with Crippen molar-refractivity contribution in [2.24, 2.45) is 0 Å². The van der Waals surface area contributed by atoms with Gasteiger partial charge in [-0.25, -0.2) is 9.97 Å². The Morgan fingerprint density at radius 1 is 1.33 bits per heavy atom. The Hall–Kier alpha value is -1.98. The van der Waals surface area contributed by atoms with Crippen LogP contribution in [0.1, 0.15) is 47.1 Å². The second kappa shape index (κ2) is 6.15. The van der Waals surface area contributed by atoms with Gasteiger partial charge in [0.25, 0.3) is 0 Å². The Morgan fingerprint density at radius 3 is 3.00 bits per heavy atom. The summed E-state index contributed by atoms with van der Waals surface area (Å²) in [7, 11) is 1.64. The van der Waals surface area contributed by atoms with E-state index in [4.69, 9.17) is 4.74 Å². The molecule has 1 aromatic heterocycles. The Kier molecular flexibility index (Phi) is 3.98. The molecular weight excluding hydrogens is 302 g/mol. The third kappa shape index (κ3) is 2.58. The standard InChI is InChI=1S/C19H23N3O2/c1-12-20-9-16-17(21-12)8-15-4-5-18(16)22(15)10-13-3-6-19(24-2)14(7-13)11-23/h3,6-7,9,15,18,23H,4-5,8,10-11H2,1-2H3.